The fourth-order valence-corrected chi connectivity index (χ4v) is 3.24. The summed E-state index contributed by atoms with van der Waals surface area (Å²) in [5.41, 5.74) is 0.802. The number of rotatable bonds is 5. The van der Waals surface area contributed by atoms with E-state index in [0.29, 0.717) is 12.2 Å². The zero-order valence-corrected chi connectivity index (χ0v) is 13.2. The molecule has 5 nitrogen and oxygen atoms in total. The molecule has 0 aliphatic heterocycles. The molecule has 0 radical (unpaired) electrons. The molecule has 2 rings (SSSR count). The monoisotopic (exact) mass is 351 g/mol. The molecule has 0 saturated heterocycles. The topological polar surface area (TPSA) is 74.0 Å². The lowest BCUT2D eigenvalue weighted by Crippen LogP contribution is -2.12. The zero-order chi connectivity index (χ0) is 15.6. The van der Waals surface area contributed by atoms with E-state index < -0.39 is 15.8 Å². The molecule has 9 heteroatoms. The predicted octanol–water partition coefficient (Wildman–Crippen LogP) is 2.98. The Morgan fingerprint density at radius 2 is 1.86 bits per heavy atom. The maximum Gasteiger partial charge on any atom is 0.263 e. The number of hydrogen-bond acceptors (Lipinski definition) is 3. The zero-order valence-electron chi connectivity index (χ0n) is 10.9. The third-order valence-electron chi connectivity index (χ3n) is 2.63. The van der Waals surface area contributed by atoms with Crippen molar-refractivity contribution in [3.05, 3.63) is 46.0 Å². The molecule has 0 aliphatic rings. The van der Waals surface area contributed by atoms with E-state index in [1.54, 1.807) is 7.05 Å². The highest BCUT2D eigenvalue weighted by Gasteiger charge is 2.18. The van der Waals surface area contributed by atoms with Crippen molar-refractivity contribution in [1.82, 2.24) is 10.3 Å². The van der Waals surface area contributed by atoms with Crippen molar-refractivity contribution in [2.75, 3.05) is 11.8 Å². The predicted molar refractivity (Wildman–Crippen MR) is 80.8 cm³/mol. The molecule has 21 heavy (non-hydrogen) atoms. The Bertz CT molecular complexity index is 739. The molecule has 0 aliphatic carbocycles. The maximum absolute atomic E-state index is 13.3. The van der Waals surface area contributed by atoms with Crippen molar-refractivity contribution in [3.8, 4) is 0 Å². The van der Waals surface area contributed by atoms with Gasteiger partial charge in [0, 0.05) is 18.4 Å². The largest absolute Gasteiger partial charge is 0.363 e. The first-order valence-electron chi connectivity index (χ1n) is 5.83. The molecule has 1 aromatic carbocycles. The SMILES string of the molecule is CNCc1cc(S(=O)(=O)Nc2cc(Cl)c(F)c(Cl)c2)c[nH]1. The lowest BCUT2D eigenvalue weighted by atomic mass is 10.3. The van der Waals surface area contributed by atoms with Gasteiger partial charge >= 0.3 is 0 Å². The summed E-state index contributed by atoms with van der Waals surface area (Å²) in [6, 6.07) is 3.80. The Kier molecular flexibility index (Phi) is 4.77. The number of anilines is 1. The molecule has 0 fully saturated rings. The molecule has 3 N–H and O–H groups in total. The van der Waals surface area contributed by atoms with Crippen LogP contribution in [0.4, 0.5) is 10.1 Å². The van der Waals surface area contributed by atoms with E-state index in [0.717, 1.165) is 12.1 Å². The summed E-state index contributed by atoms with van der Waals surface area (Å²) in [5.74, 6) is -0.792. The third kappa shape index (κ3) is 3.68. The van der Waals surface area contributed by atoms with Crippen LogP contribution in [-0.4, -0.2) is 20.4 Å². The first-order chi connectivity index (χ1) is 9.83. The van der Waals surface area contributed by atoms with Gasteiger partial charge in [0.25, 0.3) is 10.0 Å². The van der Waals surface area contributed by atoms with Crippen LogP contribution in [0.15, 0.2) is 29.3 Å². The molecule has 0 unspecified atom stereocenters. The molecular weight excluding hydrogens is 340 g/mol. The van der Waals surface area contributed by atoms with E-state index in [9.17, 15) is 12.8 Å². The highest BCUT2D eigenvalue weighted by Crippen LogP contribution is 2.28. The van der Waals surface area contributed by atoms with Gasteiger partial charge in [0.1, 0.15) is 4.90 Å². The van der Waals surface area contributed by atoms with Gasteiger partial charge in [-0.15, -0.1) is 0 Å². The number of halogens is 3. The summed E-state index contributed by atoms with van der Waals surface area (Å²) in [6.07, 6.45) is 1.36. The number of H-pyrrole nitrogens is 1. The number of nitrogens with one attached hydrogen (secondary N) is 3. The molecule has 114 valence electrons. The smallest absolute Gasteiger partial charge is 0.263 e. The van der Waals surface area contributed by atoms with E-state index in [2.05, 4.69) is 15.0 Å². The molecule has 0 saturated carbocycles. The van der Waals surface area contributed by atoms with Crippen molar-refractivity contribution < 1.29 is 12.8 Å². The van der Waals surface area contributed by atoms with Crippen LogP contribution in [0.5, 0.6) is 0 Å². The Hall–Kier alpha value is -1.28. The second-order valence-corrected chi connectivity index (χ2v) is 6.75. The van der Waals surface area contributed by atoms with Gasteiger partial charge in [-0.05, 0) is 25.2 Å². The third-order valence-corrected chi connectivity index (χ3v) is 4.54. The fourth-order valence-electron chi connectivity index (χ4n) is 1.70. The number of benzene rings is 1. The number of sulfonamides is 1. The van der Waals surface area contributed by atoms with E-state index in [-0.39, 0.29) is 20.6 Å². The summed E-state index contributed by atoms with van der Waals surface area (Å²) in [5, 5.41) is 2.38. The highest BCUT2D eigenvalue weighted by molar-refractivity contribution is 7.92. The van der Waals surface area contributed by atoms with Gasteiger partial charge in [-0.1, -0.05) is 23.2 Å². The number of aromatic nitrogens is 1. The molecule has 1 aromatic heterocycles. The lowest BCUT2D eigenvalue weighted by Gasteiger charge is -2.08. The second kappa shape index (κ2) is 6.23. The first-order valence-corrected chi connectivity index (χ1v) is 8.06. The molecule has 0 spiro atoms. The van der Waals surface area contributed by atoms with E-state index in [1.165, 1.54) is 12.3 Å². The summed E-state index contributed by atoms with van der Waals surface area (Å²) in [6.45, 7) is 0.504. The fraction of sp³-hybridized carbons (Fsp3) is 0.167. The van der Waals surface area contributed by atoms with Crippen molar-refractivity contribution in [3.63, 3.8) is 0 Å². The van der Waals surface area contributed by atoms with E-state index >= 15 is 0 Å². The van der Waals surface area contributed by atoms with Crippen LogP contribution in [0.3, 0.4) is 0 Å². The first kappa shape index (κ1) is 16.1. The summed E-state index contributed by atoms with van der Waals surface area (Å²) < 4.78 is 40.0. The van der Waals surface area contributed by atoms with Crippen molar-refractivity contribution in [2.45, 2.75) is 11.4 Å². The Morgan fingerprint density at radius 1 is 1.24 bits per heavy atom. The minimum absolute atomic E-state index is 0.0596. The van der Waals surface area contributed by atoms with Gasteiger partial charge in [-0.2, -0.15) is 0 Å². The second-order valence-electron chi connectivity index (χ2n) is 4.25. The Balaban J connectivity index is 2.28. The molecule has 0 bridgehead atoms. The number of hydrogen-bond donors (Lipinski definition) is 3. The standard InChI is InChI=1S/C12H12Cl2FN3O2S/c1-16-5-8-2-9(6-17-8)21(19,20)18-7-3-10(13)12(15)11(14)4-7/h2-4,6,16-18H,5H2,1H3. The van der Waals surface area contributed by atoms with Gasteiger partial charge < -0.3 is 10.3 Å². The van der Waals surface area contributed by atoms with Crippen LogP contribution in [0.1, 0.15) is 5.69 Å². The molecule has 2 aromatic rings. The van der Waals surface area contributed by atoms with E-state index in [4.69, 9.17) is 23.2 Å². The summed E-state index contributed by atoms with van der Waals surface area (Å²) in [7, 11) is -2.06. The maximum atomic E-state index is 13.3. The van der Waals surface area contributed by atoms with Crippen molar-refractivity contribution in [1.29, 1.82) is 0 Å². The summed E-state index contributed by atoms with van der Waals surface area (Å²) >= 11 is 11.3. The summed E-state index contributed by atoms with van der Waals surface area (Å²) in [4.78, 5) is 2.90. The van der Waals surface area contributed by atoms with Crippen LogP contribution in [0, 0.1) is 5.82 Å². The molecule has 0 atom stereocenters. The van der Waals surface area contributed by atoms with Gasteiger partial charge in [-0.3, -0.25) is 4.72 Å². The quantitative estimate of drug-likeness (QED) is 0.725. The lowest BCUT2D eigenvalue weighted by molar-refractivity contribution is 0.601. The molecule has 0 amide bonds. The van der Waals surface area contributed by atoms with Crippen LogP contribution in [-0.2, 0) is 16.6 Å². The minimum Gasteiger partial charge on any atom is -0.363 e. The van der Waals surface area contributed by atoms with Crippen molar-refractivity contribution >= 4 is 38.9 Å². The van der Waals surface area contributed by atoms with Gasteiger partial charge in [0.2, 0.25) is 0 Å². The van der Waals surface area contributed by atoms with Crippen LogP contribution < -0.4 is 10.0 Å². The van der Waals surface area contributed by atoms with Crippen molar-refractivity contribution in [2.24, 2.45) is 0 Å². The van der Waals surface area contributed by atoms with E-state index in [1.807, 2.05) is 0 Å². The van der Waals surface area contributed by atoms with Crippen LogP contribution >= 0.6 is 23.2 Å². The Morgan fingerprint density at radius 3 is 2.43 bits per heavy atom. The average Bonchev–Trinajstić information content (AvgIpc) is 2.85. The minimum atomic E-state index is -3.81. The Labute approximate surface area is 131 Å². The highest BCUT2D eigenvalue weighted by atomic mass is 35.5. The van der Waals surface area contributed by atoms with Crippen LogP contribution in [0.25, 0.3) is 0 Å². The molecular formula is C12H12Cl2FN3O2S. The van der Waals surface area contributed by atoms with Crippen LogP contribution in [0.2, 0.25) is 10.0 Å². The van der Waals surface area contributed by atoms with Gasteiger partial charge in [0.05, 0.1) is 15.7 Å². The van der Waals surface area contributed by atoms with Gasteiger partial charge in [0.15, 0.2) is 5.82 Å². The average molecular weight is 352 g/mol. The number of aromatic amines is 1. The van der Waals surface area contributed by atoms with Gasteiger partial charge in [-0.25, -0.2) is 12.8 Å². The normalized spacial score (nSPS) is 11.6. The molecule has 1 heterocycles.